The lowest BCUT2D eigenvalue weighted by atomic mass is 10.0. The SMILES string of the molecule is C#CCCCOc1c(F)c(F)c(-c2c(F)c(F)c(Sc3ccc(Sc4ccc(Sc5cccc(Sc6ccc(C)cc6)c5C#N)cc4)cc3)c(F)c2F)c(F)c1F. The van der Waals surface area contributed by atoms with Crippen molar-refractivity contribution in [2.24, 2.45) is 0 Å². The van der Waals surface area contributed by atoms with Crippen LogP contribution in [-0.4, -0.2) is 6.61 Å². The van der Waals surface area contributed by atoms with Crippen molar-refractivity contribution in [1.82, 2.24) is 0 Å². The van der Waals surface area contributed by atoms with Crippen molar-refractivity contribution in [3.8, 4) is 35.3 Å². The summed E-state index contributed by atoms with van der Waals surface area (Å²) < 4.78 is 125. The molecule has 6 aromatic carbocycles. The third-order valence-electron chi connectivity index (χ3n) is 8.09. The lowest BCUT2D eigenvalue weighted by molar-refractivity contribution is 0.269. The Morgan fingerprint density at radius 3 is 1.39 bits per heavy atom. The van der Waals surface area contributed by atoms with E-state index < -0.39 is 74.9 Å². The maximum absolute atomic E-state index is 15.3. The molecule has 0 aromatic heterocycles. The summed E-state index contributed by atoms with van der Waals surface area (Å²) in [5, 5.41) is 9.98. The van der Waals surface area contributed by atoms with Crippen LogP contribution in [0, 0.1) is 77.1 Å². The van der Waals surface area contributed by atoms with Gasteiger partial charge in [-0.25, -0.2) is 26.3 Å². The second-order valence-corrected chi connectivity index (χ2v) is 16.4. The van der Waals surface area contributed by atoms with E-state index in [0.717, 1.165) is 30.0 Å². The molecule has 2 nitrogen and oxygen atoms in total. The van der Waals surface area contributed by atoms with Gasteiger partial charge in [-0.05, 0) is 86.1 Å². The van der Waals surface area contributed by atoms with Crippen LogP contribution < -0.4 is 4.74 Å². The smallest absolute Gasteiger partial charge is 0.204 e. The monoisotopic (exact) mass is 851 g/mol. The minimum atomic E-state index is -2.31. The van der Waals surface area contributed by atoms with Crippen LogP contribution >= 0.6 is 47.0 Å². The Labute approximate surface area is 340 Å². The van der Waals surface area contributed by atoms with Crippen molar-refractivity contribution >= 4 is 47.0 Å². The summed E-state index contributed by atoms with van der Waals surface area (Å²) in [5.74, 6) is -16.8. The Kier molecular flexibility index (Phi) is 13.5. The van der Waals surface area contributed by atoms with Gasteiger partial charge in [0.15, 0.2) is 40.7 Å². The van der Waals surface area contributed by atoms with Crippen LogP contribution in [0.3, 0.4) is 0 Å². The normalized spacial score (nSPS) is 11.0. The van der Waals surface area contributed by atoms with Gasteiger partial charge in [0.2, 0.25) is 11.6 Å². The van der Waals surface area contributed by atoms with Gasteiger partial charge in [0.05, 0.1) is 28.2 Å². The fraction of sp³-hybridized carbons (Fsp3) is 0.0930. The molecule has 0 saturated carbocycles. The number of ether oxygens (including phenoxy) is 1. The summed E-state index contributed by atoms with van der Waals surface area (Å²) in [6.07, 6.45) is 5.24. The van der Waals surface area contributed by atoms with E-state index in [4.69, 9.17) is 11.2 Å². The number of hydrogen-bond acceptors (Lipinski definition) is 6. The molecule has 0 aliphatic rings. The number of benzene rings is 6. The van der Waals surface area contributed by atoms with Crippen LogP contribution in [0.15, 0.2) is 130 Å². The maximum Gasteiger partial charge on any atom is 0.204 e. The molecular weight excluding hydrogens is 827 g/mol. The number of unbranched alkanes of at least 4 members (excludes halogenated alkanes) is 1. The van der Waals surface area contributed by atoms with Gasteiger partial charge in [0.1, 0.15) is 6.07 Å². The highest BCUT2D eigenvalue weighted by molar-refractivity contribution is 8.00. The lowest BCUT2D eigenvalue weighted by Crippen LogP contribution is -2.10. The van der Waals surface area contributed by atoms with Crippen molar-refractivity contribution in [2.45, 2.75) is 58.9 Å². The molecule has 57 heavy (non-hydrogen) atoms. The molecule has 0 fully saturated rings. The van der Waals surface area contributed by atoms with Crippen LogP contribution in [0.2, 0.25) is 0 Å². The summed E-state index contributed by atoms with van der Waals surface area (Å²) >= 11 is 4.62. The van der Waals surface area contributed by atoms with Crippen LogP contribution in [0.4, 0.5) is 35.1 Å². The van der Waals surface area contributed by atoms with Gasteiger partial charge in [-0.1, -0.05) is 70.8 Å². The molecule has 0 bridgehead atoms. The van der Waals surface area contributed by atoms with Crippen molar-refractivity contribution in [3.05, 3.63) is 149 Å². The lowest BCUT2D eigenvalue weighted by Gasteiger charge is -2.16. The molecule has 6 rings (SSSR count). The zero-order valence-electron chi connectivity index (χ0n) is 29.4. The van der Waals surface area contributed by atoms with E-state index in [1.165, 1.54) is 47.4 Å². The van der Waals surface area contributed by atoms with E-state index >= 15 is 17.6 Å². The molecule has 0 amide bonds. The van der Waals surface area contributed by atoms with E-state index in [2.05, 4.69) is 12.0 Å². The number of halogens is 8. The molecule has 6 aromatic rings. The predicted molar refractivity (Wildman–Crippen MR) is 207 cm³/mol. The highest BCUT2D eigenvalue weighted by atomic mass is 32.2. The number of hydrogen-bond donors (Lipinski definition) is 0. The Morgan fingerprint density at radius 1 is 0.544 bits per heavy atom. The van der Waals surface area contributed by atoms with Gasteiger partial charge in [-0.15, -0.1) is 12.3 Å². The fourth-order valence-electron chi connectivity index (χ4n) is 5.28. The van der Waals surface area contributed by atoms with Gasteiger partial charge < -0.3 is 4.74 Å². The fourth-order valence-corrected chi connectivity index (χ4v) is 8.89. The Hall–Kier alpha value is -4.99. The van der Waals surface area contributed by atoms with E-state index in [0.29, 0.717) is 10.5 Å². The number of nitriles is 1. The first-order valence-electron chi connectivity index (χ1n) is 16.7. The molecule has 0 radical (unpaired) electrons. The van der Waals surface area contributed by atoms with Gasteiger partial charge in [-0.2, -0.15) is 14.0 Å². The molecule has 0 atom stereocenters. The minimum absolute atomic E-state index is 0.0618. The second kappa shape index (κ2) is 18.5. The molecule has 0 N–H and O–H groups in total. The van der Waals surface area contributed by atoms with Crippen molar-refractivity contribution in [2.75, 3.05) is 6.61 Å². The highest BCUT2D eigenvalue weighted by Crippen LogP contribution is 2.44. The average molecular weight is 852 g/mol. The van der Waals surface area contributed by atoms with Gasteiger partial charge in [0, 0.05) is 40.7 Å². The first-order valence-corrected chi connectivity index (χ1v) is 20.0. The standard InChI is InChI=1S/C43H25F8NOS4/c1-3-4-5-21-53-42-38(48)34(44)32(35(45)39(42)49)33-36(46)40(50)43(41(51)37(33)47)57-28-19-15-25(16-20-28)54-24-13-17-27(18-14-24)56-31-8-6-7-30(29(31)22-52)55-26-11-9-23(2)10-12-26/h1,6-20H,4-5,21H2,2H3. The third kappa shape index (κ3) is 9.26. The molecular formula is C43H25F8NOS4. The largest absolute Gasteiger partial charge is 0.487 e. The van der Waals surface area contributed by atoms with E-state index in [1.54, 1.807) is 12.1 Å². The van der Waals surface area contributed by atoms with Crippen molar-refractivity contribution in [3.63, 3.8) is 0 Å². The van der Waals surface area contributed by atoms with Gasteiger partial charge >= 0.3 is 0 Å². The summed E-state index contributed by atoms with van der Waals surface area (Å²) in [6, 6.07) is 29.8. The highest BCUT2D eigenvalue weighted by Gasteiger charge is 2.35. The summed E-state index contributed by atoms with van der Waals surface area (Å²) in [6.45, 7) is 1.56. The van der Waals surface area contributed by atoms with Crippen molar-refractivity contribution < 1.29 is 39.9 Å². The molecule has 0 aliphatic carbocycles. The van der Waals surface area contributed by atoms with E-state index in [-0.39, 0.29) is 29.5 Å². The first-order chi connectivity index (χ1) is 27.4. The predicted octanol–water partition coefficient (Wildman–Crippen LogP) is 14.0. The number of nitrogens with zero attached hydrogens (tertiary/aromatic N) is 1. The Bertz CT molecular complexity index is 2480. The first kappa shape index (κ1) is 41.6. The summed E-state index contributed by atoms with van der Waals surface area (Å²) in [7, 11) is 0. The van der Waals surface area contributed by atoms with Crippen LogP contribution in [-0.2, 0) is 0 Å². The quantitative estimate of drug-likeness (QED) is 0.0498. The maximum atomic E-state index is 15.3. The van der Waals surface area contributed by atoms with E-state index in [9.17, 15) is 22.8 Å². The summed E-state index contributed by atoms with van der Waals surface area (Å²) in [5.41, 5.74) is -2.23. The second-order valence-electron chi connectivity index (χ2n) is 12.0. The minimum Gasteiger partial charge on any atom is -0.487 e. The zero-order chi connectivity index (χ0) is 40.8. The molecule has 0 heterocycles. The van der Waals surface area contributed by atoms with Crippen LogP contribution in [0.5, 0.6) is 5.75 Å². The number of rotatable bonds is 13. The molecule has 0 saturated heterocycles. The molecule has 0 aliphatic heterocycles. The topological polar surface area (TPSA) is 33.0 Å². The molecule has 14 heteroatoms. The van der Waals surface area contributed by atoms with Crippen molar-refractivity contribution in [1.29, 1.82) is 5.26 Å². The molecule has 0 spiro atoms. The van der Waals surface area contributed by atoms with Gasteiger partial charge in [0.25, 0.3) is 0 Å². The Morgan fingerprint density at radius 2 is 0.947 bits per heavy atom. The third-order valence-corrected chi connectivity index (χ3v) is 12.3. The number of aryl methyl sites for hydroxylation is 1. The average Bonchev–Trinajstić information content (AvgIpc) is 3.21. The molecule has 288 valence electrons. The summed E-state index contributed by atoms with van der Waals surface area (Å²) in [4.78, 5) is 4.08. The van der Waals surface area contributed by atoms with Crippen LogP contribution in [0.1, 0.15) is 24.0 Å². The Balaban J connectivity index is 1.15. The number of terminal acetylenes is 1. The van der Waals surface area contributed by atoms with Crippen LogP contribution in [0.25, 0.3) is 11.1 Å². The van der Waals surface area contributed by atoms with Gasteiger partial charge in [-0.3, -0.25) is 0 Å². The van der Waals surface area contributed by atoms with E-state index in [1.807, 2.05) is 73.7 Å². The molecule has 0 unspecified atom stereocenters. The zero-order valence-corrected chi connectivity index (χ0v) is 32.6.